The molecule has 22 heavy (non-hydrogen) atoms. The van der Waals surface area contributed by atoms with Crippen LogP contribution in [0.25, 0.3) is 0 Å². The van der Waals surface area contributed by atoms with Gasteiger partial charge in [0.15, 0.2) is 5.78 Å². The molecule has 0 aliphatic rings. The van der Waals surface area contributed by atoms with E-state index in [1.165, 1.54) is 6.07 Å². The monoisotopic (exact) mass is 305 g/mol. The number of ketones is 1. The fourth-order valence-electron chi connectivity index (χ4n) is 2.22. The van der Waals surface area contributed by atoms with Crippen molar-refractivity contribution in [3.05, 3.63) is 28.8 Å². The summed E-state index contributed by atoms with van der Waals surface area (Å²) in [6, 6.07) is 3.20. The van der Waals surface area contributed by atoms with Gasteiger partial charge >= 0.3 is 0 Å². The van der Waals surface area contributed by atoms with Crippen molar-refractivity contribution in [1.82, 2.24) is 5.32 Å². The van der Waals surface area contributed by atoms with Crippen LogP contribution in [0, 0.1) is 0 Å². The number of unbranched alkanes of at least 4 members (excludes halogenated alkanes) is 1. The normalized spacial score (nSPS) is 11.3. The Morgan fingerprint density at radius 2 is 1.82 bits per heavy atom. The van der Waals surface area contributed by atoms with Crippen molar-refractivity contribution in [3.8, 4) is 5.75 Å². The van der Waals surface area contributed by atoms with Crippen molar-refractivity contribution >= 4 is 11.7 Å². The van der Waals surface area contributed by atoms with Gasteiger partial charge in [-0.15, -0.1) is 0 Å². The Balaban J connectivity index is 3.30. The van der Waals surface area contributed by atoms with Gasteiger partial charge in [-0.3, -0.25) is 9.59 Å². The molecule has 2 N–H and O–H groups in total. The summed E-state index contributed by atoms with van der Waals surface area (Å²) in [4.78, 5) is 24.3. The Bertz CT molecular complexity index is 556. The lowest BCUT2D eigenvalue weighted by atomic mass is 9.83. The standard InChI is InChI=1S/C18H27NO3/c1-6-8-9-19-17(22)13-10-12(15(20)7-2)11-14(16(13)21)18(3,4)5/h10-11,21H,6-9H2,1-5H3,(H,19,22). The molecule has 0 radical (unpaired) electrons. The molecule has 122 valence electrons. The summed E-state index contributed by atoms with van der Waals surface area (Å²) in [5, 5.41) is 13.3. The zero-order valence-electron chi connectivity index (χ0n) is 14.2. The second kappa shape index (κ2) is 7.43. The maximum absolute atomic E-state index is 12.3. The number of hydrogen-bond donors (Lipinski definition) is 2. The van der Waals surface area contributed by atoms with Gasteiger partial charge in [0.1, 0.15) is 5.75 Å². The third kappa shape index (κ3) is 4.33. The van der Waals surface area contributed by atoms with Crippen LogP contribution in [0.3, 0.4) is 0 Å². The maximum Gasteiger partial charge on any atom is 0.255 e. The van der Waals surface area contributed by atoms with Crippen LogP contribution in [0.1, 0.15) is 80.2 Å². The van der Waals surface area contributed by atoms with Gasteiger partial charge in [0.2, 0.25) is 0 Å². The number of carbonyl (C=O) groups excluding carboxylic acids is 2. The van der Waals surface area contributed by atoms with Gasteiger partial charge in [-0.2, -0.15) is 0 Å². The van der Waals surface area contributed by atoms with Gasteiger partial charge in [0, 0.05) is 24.1 Å². The fourth-order valence-corrected chi connectivity index (χ4v) is 2.22. The first-order chi connectivity index (χ1) is 10.2. The maximum atomic E-state index is 12.3. The van der Waals surface area contributed by atoms with Crippen molar-refractivity contribution in [2.24, 2.45) is 0 Å². The predicted molar refractivity (Wildman–Crippen MR) is 88.7 cm³/mol. The number of phenols is 1. The molecule has 0 aromatic heterocycles. The number of Topliss-reactive ketones (excluding diaryl/α,β-unsaturated/α-hetero) is 1. The first kappa shape index (κ1) is 18.2. The quantitative estimate of drug-likeness (QED) is 0.620. The number of benzene rings is 1. The van der Waals surface area contributed by atoms with E-state index < -0.39 is 0 Å². The number of phenolic OH excluding ortho intramolecular Hbond substituents is 1. The van der Waals surface area contributed by atoms with Crippen LogP contribution in [-0.2, 0) is 5.41 Å². The third-order valence-corrected chi connectivity index (χ3v) is 3.62. The lowest BCUT2D eigenvalue weighted by molar-refractivity contribution is 0.0950. The van der Waals surface area contributed by atoms with Crippen LogP contribution in [-0.4, -0.2) is 23.3 Å². The molecule has 0 spiro atoms. The number of hydrogen-bond acceptors (Lipinski definition) is 3. The molecule has 1 aromatic carbocycles. The van der Waals surface area contributed by atoms with E-state index in [9.17, 15) is 14.7 Å². The largest absolute Gasteiger partial charge is 0.507 e. The second-order valence-corrected chi connectivity index (χ2v) is 6.56. The highest BCUT2D eigenvalue weighted by atomic mass is 16.3. The number of aromatic hydroxyl groups is 1. The number of carbonyl (C=O) groups is 2. The van der Waals surface area contributed by atoms with Gasteiger partial charge in [-0.25, -0.2) is 0 Å². The molecule has 0 aliphatic heterocycles. The Labute approximate surface area is 132 Å². The van der Waals surface area contributed by atoms with E-state index in [1.807, 2.05) is 27.7 Å². The Morgan fingerprint density at radius 3 is 2.32 bits per heavy atom. The summed E-state index contributed by atoms with van der Waals surface area (Å²) in [5.74, 6) is -0.399. The van der Waals surface area contributed by atoms with Crippen molar-refractivity contribution in [1.29, 1.82) is 0 Å². The Hall–Kier alpha value is -1.84. The zero-order chi connectivity index (χ0) is 16.9. The second-order valence-electron chi connectivity index (χ2n) is 6.56. The van der Waals surface area contributed by atoms with Crippen LogP contribution in [0.2, 0.25) is 0 Å². The minimum Gasteiger partial charge on any atom is -0.507 e. The van der Waals surface area contributed by atoms with Crippen LogP contribution < -0.4 is 5.32 Å². The SMILES string of the molecule is CCCCNC(=O)c1cc(C(=O)CC)cc(C(C)(C)C)c1O. The molecule has 0 heterocycles. The summed E-state index contributed by atoms with van der Waals surface area (Å²) in [6.07, 6.45) is 2.23. The van der Waals surface area contributed by atoms with E-state index in [2.05, 4.69) is 5.32 Å². The highest BCUT2D eigenvalue weighted by Gasteiger charge is 2.25. The molecule has 0 fully saturated rings. The minimum atomic E-state index is -0.355. The lowest BCUT2D eigenvalue weighted by Crippen LogP contribution is -2.26. The molecule has 1 rings (SSSR count). The third-order valence-electron chi connectivity index (χ3n) is 3.62. The fraction of sp³-hybridized carbons (Fsp3) is 0.556. The molecular weight excluding hydrogens is 278 g/mol. The molecule has 4 nitrogen and oxygen atoms in total. The van der Waals surface area contributed by atoms with Gasteiger partial charge in [-0.1, -0.05) is 41.0 Å². The van der Waals surface area contributed by atoms with Crippen molar-refractivity contribution in [3.63, 3.8) is 0 Å². The lowest BCUT2D eigenvalue weighted by Gasteiger charge is -2.23. The van der Waals surface area contributed by atoms with Gasteiger partial charge < -0.3 is 10.4 Å². The van der Waals surface area contributed by atoms with Crippen LogP contribution in [0.5, 0.6) is 5.75 Å². The first-order valence-corrected chi connectivity index (χ1v) is 7.91. The molecular formula is C18H27NO3. The Morgan fingerprint density at radius 1 is 1.18 bits per heavy atom. The van der Waals surface area contributed by atoms with Crippen LogP contribution in [0.15, 0.2) is 12.1 Å². The van der Waals surface area contributed by atoms with E-state index in [0.717, 1.165) is 12.8 Å². The molecule has 0 saturated heterocycles. The van der Waals surface area contributed by atoms with Crippen molar-refractivity contribution in [2.75, 3.05) is 6.54 Å². The average molecular weight is 305 g/mol. The molecule has 0 unspecified atom stereocenters. The van der Waals surface area contributed by atoms with E-state index in [1.54, 1.807) is 13.0 Å². The topological polar surface area (TPSA) is 66.4 Å². The van der Waals surface area contributed by atoms with Crippen molar-refractivity contribution < 1.29 is 14.7 Å². The Kier molecular flexibility index (Phi) is 6.15. The zero-order valence-corrected chi connectivity index (χ0v) is 14.2. The average Bonchev–Trinajstić information content (AvgIpc) is 2.45. The molecule has 1 amide bonds. The summed E-state index contributed by atoms with van der Waals surface area (Å²) < 4.78 is 0. The smallest absolute Gasteiger partial charge is 0.255 e. The highest BCUT2D eigenvalue weighted by molar-refractivity contribution is 6.02. The summed E-state index contributed by atoms with van der Waals surface area (Å²) in [6.45, 7) is 10.2. The van der Waals surface area contributed by atoms with Gasteiger partial charge in [-0.05, 0) is 24.0 Å². The summed E-state index contributed by atoms with van der Waals surface area (Å²) >= 11 is 0. The van der Waals surface area contributed by atoms with E-state index in [4.69, 9.17) is 0 Å². The van der Waals surface area contributed by atoms with E-state index in [0.29, 0.717) is 24.1 Å². The number of rotatable bonds is 6. The van der Waals surface area contributed by atoms with E-state index in [-0.39, 0.29) is 28.4 Å². The molecule has 0 saturated carbocycles. The molecule has 0 aliphatic carbocycles. The molecule has 0 bridgehead atoms. The first-order valence-electron chi connectivity index (χ1n) is 7.91. The van der Waals surface area contributed by atoms with Crippen molar-refractivity contribution in [2.45, 2.75) is 59.3 Å². The molecule has 1 aromatic rings. The predicted octanol–water partition coefficient (Wildman–Crippen LogP) is 3.81. The minimum absolute atomic E-state index is 0.0332. The highest BCUT2D eigenvalue weighted by Crippen LogP contribution is 2.34. The van der Waals surface area contributed by atoms with Gasteiger partial charge in [0.05, 0.1) is 5.56 Å². The number of nitrogens with one attached hydrogen (secondary N) is 1. The van der Waals surface area contributed by atoms with E-state index >= 15 is 0 Å². The molecule has 4 heteroatoms. The number of amides is 1. The van der Waals surface area contributed by atoms with Gasteiger partial charge in [0.25, 0.3) is 5.91 Å². The van der Waals surface area contributed by atoms with Crippen LogP contribution in [0.4, 0.5) is 0 Å². The summed E-state index contributed by atoms with van der Waals surface area (Å²) in [5.41, 5.74) is 0.922. The molecule has 0 atom stereocenters. The summed E-state index contributed by atoms with van der Waals surface area (Å²) in [7, 11) is 0. The van der Waals surface area contributed by atoms with Crippen LogP contribution >= 0.6 is 0 Å².